The van der Waals surface area contributed by atoms with Crippen LogP contribution in [0.25, 0.3) is 11.0 Å². The van der Waals surface area contributed by atoms with E-state index in [4.69, 9.17) is 0 Å². The molecule has 0 atom stereocenters. The molecule has 3 aliphatic rings. The van der Waals surface area contributed by atoms with Crippen molar-refractivity contribution in [1.82, 2.24) is 14.8 Å². The van der Waals surface area contributed by atoms with Crippen molar-refractivity contribution < 1.29 is 18.0 Å². The Kier molecular flexibility index (Phi) is 4.70. The summed E-state index contributed by atoms with van der Waals surface area (Å²) in [5.74, 6) is 0.00987. The first-order valence-electron chi connectivity index (χ1n) is 11.8. The van der Waals surface area contributed by atoms with E-state index in [9.17, 15) is 18.0 Å². The zero-order valence-corrected chi connectivity index (χ0v) is 18.7. The molecule has 3 aromatic rings. The van der Waals surface area contributed by atoms with Gasteiger partial charge in [-0.25, -0.2) is 9.67 Å². The predicted molar refractivity (Wildman–Crippen MR) is 123 cm³/mol. The van der Waals surface area contributed by atoms with Crippen LogP contribution in [-0.4, -0.2) is 39.9 Å². The lowest BCUT2D eigenvalue weighted by Crippen LogP contribution is -2.35. The van der Waals surface area contributed by atoms with Crippen LogP contribution in [0.4, 0.5) is 24.7 Å². The number of benzene rings is 1. The topological polar surface area (TPSA) is 63.1 Å². The molecule has 1 spiro atoms. The third kappa shape index (κ3) is 3.71. The number of aromatic nitrogens is 3. The Labute approximate surface area is 195 Å². The molecular formula is C25H26F3N5O. The monoisotopic (exact) mass is 469 g/mol. The first kappa shape index (κ1) is 21.4. The number of rotatable bonds is 5. The summed E-state index contributed by atoms with van der Waals surface area (Å²) in [5, 5.41) is 7.62. The SMILES string of the molecule is O=C(Nc1ccc2cnn(CC3(C(F)(F)F)CC3)c2n1)c1ccccc1N1CCC2(CC1)CC2. The van der Waals surface area contributed by atoms with Gasteiger partial charge in [-0.05, 0) is 68.2 Å². The van der Waals surface area contributed by atoms with Crippen LogP contribution in [0, 0.1) is 10.8 Å². The zero-order chi connectivity index (χ0) is 23.6. The van der Waals surface area contributed by atoms with Crippen molar-refractivity contribution >= 4 is 28.4 Å². The van der Waals surface area contributed by atoms with Crippen LogP contribution in [0.1, 0.15) is 48.9 Å². The predicted octanol–water partition coefficient (Wildman–Crippen LogP) is 5.41. The van der Waals surface area contributed by atoms with E-state index >= 15 is 0 Å². The van der Waals surface area contributed by atoms with Crippen molar-refractivity contribution in [2.24, 2.45) is 10.8 Å². The number of pyridine rings is 1. The highest BCUT2D eigenvalue weighted by Crippen LogP contribution is 2.58. The van der Waals surface area contributed by atoms with Crippen LogP contribution in [-0.2, 0) is 6.54 Å². The molecule has 0 unspecified atom stereocenters. The van der Waals surface area contributed by atoms with Gasteiger partial charge in [0.1, 0.15) is 5.82 Å². The molecule has 1 N–H and O–H groups in total. The molecule has 0 bridgehead atoms. The standard InChI is InChI=1S/C25H26F3N5O/c26-25(27,28)24(9-10-24)16-33-21-17(15-29-33)5-6-20(30-21)31-22(34)18-3-1-2-4-19(18)32-13-11-23(7-8-23)12-14-32/h1-6,15H,7-14,16H2,(H,30,31,34). The van der Waals surface area contributed by atoms with Crippen molar-refractivity contribution in [3.05, 3.63) is 48.2 Å². The highest BCUT2D eigenvalue weighted by molar-refractivity contribution is 6.08. The molecule has 6 nitrogen and oxygen atoms in total. The number of carbonyl (C=O) groups is 1. The lowest BCUT2D eigenvalue weighted by molar-refractivity contribution is -0.191. The van der Waals surface area contributed by atoms with Crippen LogP contribution in [0.2, 0.25) is 0 Å². The number of alkyl halides is 3. The molecule has 2 saturated carbocycles. The second kappa shape index (κ2) is 7.45. The lowest BCUT2D eigenvalue weighted by Gasteiger charge is -2.34. The summed E-state index contributed by atoms with van der Waals surface area (Å²) in [6.45, 7) is 1.62. The van der Waals surface area contributed by atoms with Crippen LogP contribution in [0.15, 0.2) is 42.6 Å². The molecule has 9 heteroatoms. The minimum atomic E-state index is -4.27. The number of halogens is 3. The van der Waals surface area contributed by atoms with Crippen molar-refractivity contribution in [3.8, 4) is 0 Å². The molecule has 1 aliphatic heterocycles. The maximum absolute atomic E-state index is 13.4. The van der Waals surface area contributed by atoms with Gasteiger partial charge in [-0.1, -0.05) is 12.1 Å². The van der Waals surface area contributed by atoms with Crippen LogP contribution in [0.3, 0.4) is 0 Å². The summed E-state index contributed by atoms with van der Waals surface area (Å²) in [6.07, 6.45) is 2.39. The Morgan fingerprint density at radius 2 is 1.74 bits per heavy atom. The molecule has 1 amide bonds. The Morgan fingerprint density at radius 3 is 2.41 bits per heavy atom. The van der Waals surface area contributed by atoms with E-state index in [1.807, 2.05) is 18.2 Å². The van der Waals surface area contributed by atoms with Gasteiger partial charge < -0.3 is 10.2 Å². The summed E-state index contributed by atoms with van der Waals surface area (Å²) < 4.78 is 41.6. The average molecular weight is 470 g/mol. The van der Waals surface area contributed by atoms with Crippen molar-refractivity contribution in [2.45, 2.75) is 51.2 Å². The van der Waals surface area contributed by atoms with Crippen molar-refractivity contribution in [1.29, 1.82) is 0 Å². The summed E-state index contributed by atoms with van der Waals surface area (Å²) in [4.78, 5) is 19.9. The molecule has 6 rings (SSSR count). The molecule has 1 aromatic carbocycles. The minimum Gasteiger partial charge on any atom is -0.371 e. The van der Waals surface area contributed by atoms with Crippen molar-refractivity contribution in [3.63, 3.8) is 0 Å². The molecule has 3 heterocycles. The fraction of sp³-hybridized carbons (Fsp3) is 0.480. The van der Waals surface area contributed by atoms with Gasteiger partial charge in [-0.15, -0.1) is 0 Å². The van der Waals surface area contributed by atoms with E-state index in [0.717, 1.165) is 31.6 Å². The maximum Gasteiger partial charge on any atom is 0.396 e. The van der Waals surface area contributed by atoms with Gasteiger partial charge in [0.25, 0.3) is 5.91 Å². The highest BCUT2D eigenvalue weighted by Gasteiger charge is 2.63. The number of anilines is 2. The molecule has 34 heavy (non-hydrogen) atoms. The van der Waals surface area contributed by atoms with E-state index in [1.165, 1.54) is 23.7 Å². The quantitative estimate of drug-likeness (QED) is 0.543. The van der Waals surface area contributed by atoms with Gasteiger partial charge in [0.15, 0.2) is 5.65 Å². The molecule has 2 aliphatic carbocycles. The highest BCUT2D eigenvalue weighted by atomic mass is 19.4. The molecule has 2 aromatic heterocycles. The summed E-state index contributed by atoms with van der Waals surface area (Å²) in [5.41, 5.74) is 0.633. The Morgan fingerprint density at radius 1 is 1.00 bits per heavy atom. The summed E-state index contributed by atoms with van der Waals surface area (Å²) >= 11 is 0. The van der Waals surface area contributed by atoms with Gasteiger partial charge in [-0.2, -0.15) is 18.3 Å². The number of carbonyl (C=O) groups excluding carboxylic acids is 1. The first-order valence-corrected chi connectivity index (χ1v) is 11.8. The Hall–Kier alpha value is -3.10. The Balaban J connectivity index is 1.22. The molecule has 1 saturated heterocycles. The van der Waals surface area contributed by atoms with E-state index in [-0.39, 0.29) is 25.3 Å². The first-order chi connectivity index (χ1) is 16.3. The number of fused-ring (bicyclic) bond motifs is 1. The molecular weight excluding hydrogens is 443 g/mol. The number of nitrogens with one attached hydrogen (secondary N) is 1. The van der Waals surface area contributed by atoms with Gasteiger partial charge in [0, 0.05) is 24.2 Å². The number of hydrogen-bond donors (Lipinski definition) is 1. The normalized spacial score (nSPS) is 20.5. The molecule has 178 valence electrons. The smallest absolute Gasteiger partial charge is 0.371 e. The third-order valence-electron chi connectivity index (χ3n) is 7.91. The van der Waals surface area contributed by atoms with E-state index in [2.05, 4.69) is 20.3 Å². The largest absolute Gasteiger partial charge is 0.396 e. The van der Waals surface area contributed by atoms with Crippen LogP contribution < -0.4 is 10.2 Å². The van der Waals surface area contributed by atoms with Crippen molar-refractivity contribution in [2.75, 3.05) is 23.3 Å². The fourth-order valence-corrected chi connectivity index (χ4v) is 5.13. The second-order valence-electron chi connectivity index (χ2n) is 10.1. The van der Waals surface area contributed by atoms with Gasteiger partial charge in [0.05, 0.1) is 23.7 Å². The van der Waals surface area contributed by atoms with E-state index in [1.54, 1.807) is 18.2 Å². The van der Waals surface area contributed by atoms with Gasteiger partial charge in [0.2, 0.25) is 0 Å². The second-order valence-corrected chi connectivity index (χ2v) is 10.1. The van der Waals surface area contributed by atoms with E-state index in [0.29, 0.717) is 27.8 Å². The Bertz CT molecular complexity index is 1250. The number of hydrogen-bond acceptors (Lipinski definition) is 4. The lowest BCUT2D eigenvalue weighted by atomic mass is 9.93. The third-order valence-corrected chi connectivity index (χ3v) is 7.91. The van der Waals surface area contributed by atoms with Crippen LogP contribution in [0.5, 0.6) is 0 Å². The molecule has 0 radical (unpaired) electrons. The van der Waals surface area contributed by atoms with Gasteiger partial charge in [-0.3, -0.25) is 4.79 Å². The average Bonchev–Trinajstić information content (AvgIpc) is 3.73. The number of amides is 1. The van der Waals surface area contributed by atoms with Gasteiger partial charge >= 0.3 is 6.18 Å². The number of piperidine rings is 1. The zero-order valence-electron chi connectivity index (χ0n) is 18.7. The van der Waals surface area contributed by atoms with E-state index < -0.39 is 11.6 Å². The van der Waals surface area contributed by atoms with Crippen LogP contribution >= 0.6 is 0 Å². The maximum atomic E-state index is 13.4. The summed E-state index contributed by atoms with van der Waals surface area (Å²) in [6, 6.07) is 10.9. The summed E-state index contributed by atoms with van der Waals surface area (Å²) in [7, 11) is 0. The molecule has 3 fully saturated rings. The number of nitrogens with zero attached hydrogens (tertiary/aromatic N) is 4. The minimum absolute atomic E-state index is 0.0999. The fourth-order valence-electron chi connectivity index (χ4n) is 5.13. The number of para-hydroxylation sites is 1.